The quantitative estimate of drug-likeness (QED) is 0.470. The molecule has 7 heteroatoms. The summed E-state index contributed by atoms with van der Waals surface area (Å²) in [4.78, 5) is 19.3. The number of nitrogens with two attached hydrogens (primary N) is 2. The van der Waals surface area contributed by atoms with Gasteiger partial charge in [-0.2, -0.15) is 0 Å². The summed E-state index contributed by atoms with van der Waals surface area (Å²) in [5.74, 6) is -1.21. The zero-order valence-corrected chi connectivity index (χ0v) is 12.8. The number of phenols is 1. The molecule has 2 aromatic carbocycles. The molecule has 0 saturated heterocycles. The van der Waals surface area contributed by atoms with Crippen LogP contribution in [0.1, 0.15) is 11.1 Å². The molecule has 6 N–H and O–H groups in total. The van der Waals surface area contributed by atoms with E-state index in [-0.39, 0.29) is 18.1 Å². The summed E-state index contributed by atoms with van der Waals surface area (Å²) in [5, 5.41) is 19.2. The number of benzene rings is 2. The lowest BCUT2D eigenvalue weighted by Crippen LogP contribution is -2.21. The number of aromatic hydroxyl groups is 1. The third-order valence-corrected chi connectivity index (χ3v) is 3.22. The van der Waals surface area contributed by atoms with Gasteiger partial charge < -0.3 is 21.7 Å². The van der Waals surface area contributed by atoms with E-state index in [1.165, 1.54) is 24.4 Å². The van der Waals surface area contributed by atoms with E-state index in [9.17, 15) is 15.0 Å². The van der Waals surface area contributed by atoms with Gasteiger partial charge in [0, 0.05) is 18.2 Å². The fourth-order valence-corrected chi connectivity index (χ4v) is 2.08. The summed E-state index contributed by atoms with van der Waals surface area (Å²) in [6.07, 6.45) is 1.56. The van der Waals surface area contributed by atoms with E-state index in [0.29, 0.717) is 11.3 Å². The van der Waals surface area contributed by atoms with E-state index < -0.39 is 12.0 Å². The second kappa shape index (κ2) is 7.77. The van der Waals surface area contributed by atoms with E-state index in [1.807, 2.05) is 30.3 Å². The van der Waals surface area contributed by atoms with Gasteiger partial charge in [-0.1, -0.05) is 30.3 Å². The molecule has 2 rings (SSSR count). The van der Waals surface area contributed by atoms with Crippen LogP contribution in [0.15, 0.2) is 58.5 Å². The topological polar surface area (TPSA) is 134 Å². The second-order valence-electron chi connectivity index (χ2n) is 5.10. The van der Waals surface area contributed by atoms with Crippen molar-refractivity contribution >= 4 is 23.8 Å². The molecular formula is C17H18N4O3. The summed E-state index contributed by atoms with van der Waals surface area (Å²) < 4.78 is 0. The highest BCUT2D eigenvalue weighted by Gasteiger charge is 2.16. The first-order chi connectivity index (χ1) is 11.5. The number of hydrogen-bond acceptors (Lipinski definition) is 4. The number of guanidine groups is 1. The maximum absolute atomic E-state index is 11.4. The fraction of sp³-hybridized carbons (Fsp3) is 0.118. The minimum atomic E-state index is -1.05. The van der Waals surface area contributed by atoms with Crippen LogP contribution in [-0.2, 0) is 11.2 Å². The summed E-state index contributed by atoms with van der Waals surface area (Å²) in [5.41, 5.74) is 12.3. The molecule has 0 saturated carbocycles. The molecule has 0 amide bonds. The normalized spacial score (nSPS) is 12.0. The van der Waals surface area contributed by atoms with E-state index in [0.717, 1.165) is 5.56 Å². The minimum Gasteiger partial charge on any atom is -0.507 e. The molecular weight excluding hydrogens is 308 g/mol. The Kier molecular flexibility index (Phi) is 5.51. The first kappa shape index (κ1) is 17.0. The van der Waals surface area contributed by atoms with Gasteiger partial charge in [0.1, 0.15) is 5.75 Å². The molecule has 0 heterocycles. The number of carboxylic acids is 1. The first-order valence-electron chi connectivity index (χ1n) is 7.18. The average Bonchev–Trinajstić information content (AvgIpc) is 2.54. The van der Waals surface area contributed by atoms with Gasteiger partial charge in [-0.05, 0) is 23.8 Å². The van der Waals surface area contributed by atoms with Crippen LogP contribution in [-0.4, -0.2) is 34.4 Å². The Labute approximate surface area is 139 Å². The highest BCUT2D eigenvalue weighted by atomic mass is 16.4. The second-order valence-corrected chi connectivity index (χ2v) is 5.10. The molecule has 0 aromatic heterocycles. The van der Waals surface area contributed by atoms with Gasteiger partial charge in [-0.25, -0.2) is 9.79 Å². The summed E-state index contributed by atoms with van der Waals surface area (Å²) in [7, 11) is 0. The number of nitrogens with zero attached hydrogens (tertiary/aromatic N) is 2. The van der Waals surface area contributed by atoms with Gasteiger partial charge in [0.15, 0.2) is 12.0 Å². The first-order valence-corrected chi connectivity index (χ1v) is 7.18. The van der Waals surface area contributed by atoms with Gasteiger partial charge in [0.05, 0.1) is 5.69 Å². The Morgan fingerprint density at radius 3 is 2.50 bits per heavy atom. The molecule has 0 bridgehead atoms. The molecule has 124 valence electrons. The largest absolute Gasteiger partial charge is 0.507 e. The molecule has 0 spiro atoms. The van der Waals surface area contributed by atoms with Crippen LogP contribution in [0.4, 0.5) is 5.69 Å². The standard InChI is InChI=1S/C17H18N4O3/c18-17(19)21-13-6-7-15(22)12(9-13)10-20-14(16(23)24)8-11-4-2-1-3-5-11/h1-7,9-10,14,22H,8H2,(H,23,24)(H4,18,19,21)/t14-/m0/s1. The number of aliphatic carboxylic acids is 1. The molecule has 0 aliphatic heterocycles. The van der Waals surface area contributed by atoms with E-state index >= 15 is 0 Å². The van der Waals surface area contributed by atoms with Crippen molar-refractivity contribution < 1.29 is 15.0 Å². The van der Waals surface area contributed by atoms with Gasteiger partial charge in [0.25, 0.3) is 0 Å². The Hall–Kier alpha value is -3.35. The van der Waals surface area contributed by atoms with Crippen molar-refractivity contribution in [3.63, 3.8) is 0 Å². The van der Waals surface area contributed by atoms with Gasteiger partial charge >= 0.3 is 5.97 Å². The molecule has 2 aromatic rings. The third kappa shape index (κ3) is 4.84. The summed E-state index contributed by atoms with van der Waals surface area (Å²) >= 11 is 0. The number of aliphatic imine (C=N–C) groups is 2. The lowest BCUT2D eigenvalue weighted by atomic mass is 10.1. The molecule has 0 aliphatic carbocycles. The zero-order chi connectivity index (χ0) is 17.5. The van der Waals surface area contributed by atoms with Gasteiger partial charge in [0.2, 0.25) is 0 Å². The highest BCUT2D eigenvalue weighted by molar-refractivity contribution is 5.88. The monoisotopic (exact) mass is 326 g/mol. The molecule has 24 heavy (non-hydrogen) atoms. The van der Waals surface area contributed by atoms with Crippen molar-refractivity contribution in [2.45, 2.75) is 12.5 Å². The Morgan fingerprint density at radius 2 is 1.88 bits per heavy atom. The van der Waals surface area contributed by atoms with Crippen LogP contribution in [0.5, 0.6) is 5.75 Å². The maximum Gasteiger partial charge on any atom is 0.328 e. The SMILES string of the molecule is NC(N)=Nc1ccc(O)c(C=N[C@@H](Cc2ccccc2)C(=O)O)c1. The van der Waals surface area contributed by atoms with Gasteiger partial charge in [-0.3, -0.25) is 4.99 Å². The Bertz CT molecular complexity index is 769. The third-order valence-electron chi connectivity index (χ3n) is 3.22. The van der Waals surface area contributed by atoms with Crippen LogP contribution in [0.2, 0.25) is 0 Å². The van der Waals surface area contributed by atoms with E-state index in [2.05, 4.69) is 9.98 Å². The van der Waals surface area contributed by atoms with Crippen molar-refractivity contribution in [1.82, 2.24) is 0 Å². The number of rotatable bonds is 6. The Balaban J connectivity index is 2.23. The summed E-state index contributed by atoms with van der Waals surface area (Å²) in [6, 6.07) is 12.7. The summed E-state index contributed by atoms with van der Waals surface area (Å²) in [6.45, 7) is 0. The number of phenolic OH excluding ortho intramolecular Hbond substituents is 1. The molecule has 1 atom stereocenters. The fourth-order valence-electron chi connectivity index (χ4n) is 2.08. The maximum atomic E-state index is 11.4. The van der Waals surface area contributed by atoms with Crippen LogP contribution in [0.25, 0.3) is 0 Å². The van der Waals surface area contributed by atoms with Crippen molar-refractivity contribution in [2.24, 2.45) is 21.5 Å². The van der Waals surface area contributed by atoms with Gasteiger partial charge in [-0.15, -0.1) is 0 Å². The van der Waals surface area contributed by atoms with Crippen molar-refractivity contribution in [2.75, 3.05) is 0 Å². The highest BCUT2D eigenvalue weighted by Crippen LogP contribution is 2.22. The lowest BCUT2D eigenvalue weighted by molar-refractivity contribution is -0.138. The Morgan fingerprint density at radius 1 is 1.17 bits per heavy atom. The predicted molar refractivity (Wildman–Crippen MR) is 92.7 cm³/mol. The van der Waals surface area contributed by atoms with Crippen LogP contribution >= 0.6 is 0 Å². The number of carbonyl (C=O) groups is 1. The molecule has 0 aliphatic rings. The average molecular weight is 326 g/mol. The molecule has 0 fully saturated rings. The predicted octanol–water partition coefficient (Wildman–Crippen LogP) is 1.41. The minimum absolute atomic E-state index is 0.0443. The lowest BCUT2D eigenvalue weighted by Gasteiger charge is -2.08. The number of carboxylic acid groups (broad SMARTS) is 1. The number of hydrogen-bond donors (Lipinski definition) is 4. The van der Waals surface area contributed by atoms with Crippen LogP contribution in [0.3, 0.4) is 0 Å². The van der Waals surface area contributed by atoms with E-state index in [1.54, 1.807) is 0 Å². The van der Waals surface area contributed by atoms with Crippen molar-refractivity contribution in [1.29, 1.82) is 0 Å². The molecule has 7 nitrogen and oxygen atoms in total. The smallest absolute Gasteiger partial charge is 0.328 e. The van der Waals surface area contributed by atoms with Crippen LogP contribution in [0, 0.1) is 0 Å². The van der Waals surface area contributed by atoms with Crippen molar-refractivity contribution in [3.05, 3.63) is 59.7 Å². The van der Waals surface area contributed by atoms with Crippen LogP contribution < -0.4 is 11.5 Å². The molecule has 0 unspecified atom stereocenters. The van der Waals surface area contributed by atoms with Crippen molar-refractivity contribution in [3.8, 4) is 5.75 Å². The van der Waals surface area contributed by atoms with E-state index in [4.69, 9.17) is 11.5 Å². The molecule has 0 radical (unpaired) electrons. The zero-order valence-electron chi connectivity index (χ0n) is 12.8.